The van der Waals surface area contributed by atoms with Crippen LogP contribution in [0.2, 0.25) is 0 Å². The molecule has 8 aromatic rings. The lowest BCUT2D eigenvalue weighted by Gasteiger charge is -2.18. The van der Waals surface area contributed by atoms with Crippen LogP contribution >= 0.6 is 0 Å². The predicted molar refractivity (Wildman–Crippen MR) is 157 cm³/mol. The van der Waals surface area contributed by atoms with Crippen molar-refractivity contribution in [3.8, 4) is 22.3 Å². The van der Waals surface area contributed by atoms with Gasteiger partial charge in [0.25, 0.3) is 0 Å². The Morgan fingerprint density at radius 3 is 1.73 bits per heavy atom. The van der Waals surface area contributed by atoms with Gasteiger partial charge in [-0.3, -0.25) is 0 Å². The molecule has 0 radical (unpaired) electrons. The normalized spacial score (nSPS) is 14.4. The van der Waals surface area contributed by atoms with Crippen LogP contribution in [0.15, 0.2) is 138 Å². The zero-order chi connectivity index (χ0) is 30.4. The smallest absolute Gasteiger partial charge is 0.143 e. The number of furan rings is 1. The van der Waals surface area contributed by atoms with Crippen LogP contribution in [0.4, 0.5) is 0 Å². The van der Waals surface area contributed by atoms with Crippen molar-refractivity contribution in [3.05, 3.63) is 133 Å². The zero-order valence-electron chi connectivity index (χ0n) is 26.6. The van der Waals surface area contributed by atoms with E-state index in [2.05, 4.69) is 0 Å². The van der Waals surface area contributed by atoms with Crippen LogP contribution in [0.25, 0.3) is 76.5 Å². The third-order valence-corrected chi connectivity index (χ3v) is 7.17. The van der Waals surface area contributed by atoms with Crippen LogP contribution in [-0.4, -0.2) is 0 Å². The van der Waals surface area contributed by atoms with Gasteiger partial charge in [0.2, 0.25) is 0 Å². The van der Waals surface area contributed by atoms with Crippen LogP contribution < -0.4 is 0 Å². The quantitative estimate of drug-likeness (QED) is 0.226. The van der Waals surface area contributed by atoms with E-state index in [1.54, 1.807) is 0 Å². The molecule has 1 heterocycles. The third-order valence-electron chi connectivity index (χ3n) is 7.17. The first kappa shape index (κ1) is 14.6. The van der Waals surface area contributed by atoms with Crippen molar-refractivity contribution in [1.82, 2.24) is 0 Å². The fraction of sp³-hybridized carbons (Fsp3) is 0. The summed E-state index contributed by atoms with van der Waals surface area (Å²) in [5.41, 5.74) is 4.19. The molecule has 7 aromatic carbocycles. The first-order valence-corrected chi connectivity index (χ1v) is 12.1. The lowest BCUT2D eigenvalue weighted by atomic mass is 9.84. The van der Waals surface area contributed by atoms with E-state index in [-0.39, 0.29) is 46.5 Å². The van der Waals surface area contributed by atoms with Crippen molar-refractivity contribution in [2.45, 2.75) is 0 Å². The van der Waals surface area contributed by atoms with Gasteiger partial charge in [0.15, 0.2) is 0 Å². The summed E-state index contributed by atoms with van der Waals surface area (Å²) in [5, 5.41) is 5.28. The van der Waals surface area contributed by atoms with Crippen molar-refractivity contribution >= 4 is 54.3 Å². The molecule has 0 saturated heterocycles. The van der Waals surface area contributed by atoms with Crippen molar-refractivity contribution in [2.24, 2.45) is 0 Å². The second kappa shape index (κ2) is 7.81. The van der Waals surface area contributed by atoms with Gasteiger partial charge in [0.05, 0.1) is 9.60 Å². The molecule has 1 heteroatoms. The summed E-state index contributed by atoms with van der Waals surface area (Å²) in [6, 6.07) is 26.9. The molecule has 0 aliphatic heterocycles. The molecule has 0 fully saturated rings. The Morgan fingerprint density at radius 2 is 1.00 bits per heavy atom. The van der Waals surface area contributed by atoms with E-state index in [4.69, 9.17) is 14.0 Å². The summed E-state index contributed by atoms with van der Waals surface area (Å²) < 4.78 is 67.1. The van der Waals surface area contributed by atoms with Crippen LogP contribution in [0.5, 0.6) is 0 Å². The highest BCUT2D eigenvalue weighted by molar-refractivity contribution is 6.25. The number of para-hydroxylation sites is 2. The predicted octanol–water partition coefficient (Wildman–Crippen LogP) is 10.4. The minimum absolute atomic E-state index is 0.0590. The molecule has 1 aromatic heterocycles. The van der Waals surface area contributed by atoms with E-state index >= 15 is 0 Å². The SMILES string of the molecule is [2H]c1c([2H])c([2H])c2c(-c3c4ccccc4c(-c4cccc5c4oc4ccccc45)c4ccccc34)c([2H])c([2H])c([2H])c2c1[2H]. The first-order valence-electron chi connectivity index (χ1n) is 15.6. The topological polar surface area (TPSA) is 13.1 Å². The first-order chi connectivity index (χ1) is 21.3. The molecule has 37 heavy (non-hydrogen) atoms. The van der Waals surface area contributed by atoms with Gasteiger partial charge in [-0.2, -0.15) is 0 Å². The average Bonchev–Trinajstić information content (AvgIpc) is 3.44. The van der Waals surface area contributed by atoms with Gasteiger partial charge < -0.3 is 4.42 Å². The molecule has 0 spiro atoms. The summed E-state index contributed by atoms with van der Waals surface area (Å²) in [6.07, 6.45) is 0. The summed E-state index contributed by atoms with van der Waals surface area (Å²) in [4.78, 5) is 0. The molecular weight excluding hydrogens is 448 g/mol. The molecule has 0 aliphatic carbocycles. The third kappa shape index (κ3) is 2.92. The summed E-state index contributed by atoms with van der Waals surface area (Å²) in [6.45, 7) is 0. The maximum absolute atomic E-state index is 9.11. The van der Waals surface area contributed by atoms with Crippen LogP contribution in [0.1, 0.15) is 9.60 Å². The molecule has 0 atom stereocenters. The minimum Gasteiger partial charge on any atom is -0.455 e. The summed E-state index contributed by atoms with van der Waals surface area (Å²) in [5.74, 6) is 0. The van der Waals surface area contributed by atoms with Crippen molar-refractivity contribution in [3.63, 3.8) is 0 Å². The van der Waals surface area contributed by atoms with E-state index in [0.29, 0.717) is 5.56 Å². The summed E-state index contributed by atoms with van der Waals surface area (Å²) in [7, 11) is 0. The van der Waals surface area contributed by atoms with Gasteiger partial charge in [-0.25, -0.2) is 0 Å². The fourth-order valence-corrected chi connectivity index (χ4v) is 5.63. The van der Waals surface area contributed by atoms with Crippen molar-refractivity contribution < 1.29 is 14.0 Å². The van der Waals surface area contributed by atoms with Gasteiger partial charge in [-0.1, -0.05) is 127 Å². The standard InChI is InChI=1S/C36H22O/c1-2-13-24-23(11-1)12-9-19-26(24)34-27-15-3-5-17-29(27)35(30-18-6-4-16-28(30)34)32-21-10-20-31-25-14-7-8-22-33(25)37-36(31)32/h1-22H/i1D,2D,9D,11D,12D,13D,19D. The Balaban J connectivity index is 1.61. The molecule has 1 nitrogen and oxygen atoms in total. The number of hydrogen-bond donors (Lipinski definition) is 0. The molecule has 0 amide bonds. The van der Waals surface area contributed by atoms with Crippen molar-refractivity contribution in [1.29, 1.82) is 0 Å². The highest BCUT2D eigenvalue weighted by Crippen LogP contribution is 2.47. The molecule has 0 N–H and O–H groups in total. The molecule has 0 unspecified atom stereocenters. The van der Waals surface area contributed by atoms with Crippen LogP contribution in [-0.2, 0) is 0 Å². The lowest BCUT2D eigenvalue weighted by Crippen LogP contribution is -1.91. The Kier molecular flexibility index (Phi) is 3.09. The number of benzene rings is 7. The molecule has 0 bridgehead atoms. The van der Waals surface area contributed by atoms with Gasteiger partial charge in [-0.05, 0) is 49.5 Å². The van der Waals surface area contributed by atoms with Crippen LogP contribution in [0.3, 0.4) is 0 Å². The maximum atomic E-state index is 9.11. The Labute approximate surface area is 224 Å². The van der Waals surface area contributed by atoms with Gasteiger partial charge >= 0.3 is 0 Å². The Bertz CT molecular complexity index is 2470. The lowest BCUT2D eigenvalue weighted by molar-refractivity contribution is 0.670. The Hall–Kier alpha value is -4.88. The Morgan fingerprint density at radius 1 is 0.432 bits per heavy atom. The monoisotopic (exact) mass is 477 g/mol. The fourth-order valence-electron chi connectivity index (χ4n) is 5.63. The maximum Gasteiger partial charge on any atom is 0.143 e. The molecule has 0 aliphatic rings. The molecular formula is C36H22O. The second-order valence-electron chi connectivity index (χ2n) is 9.12. The number of hydrogen-bond acceptors (Lipinski definition) is 1. The molecule has 0 saturated carbocycles. The molecule has 172 valence electrons. The molecule has 8 rings (SSSR count). The second-order valence-corrected chi connectivity index (χ2v) is 9.12. The highest BCUT2D eigenvalue weighted by Gasteiger charge is 2.20. The minimum atomic E-state index is -0.469. The summed E-state index contributed by atoms with van der Waals surface area (Å²) >= 11 is 0. The van der Waals surface area contributed by atoms with E-state index in [0.717, 1.165) is 54.6 Å². The zero-order valence-corrected chi connectivity index (χ0v) is 19.6. The number of rotatable bonds is 2. The van der Waals surface area contributed by atoms with Gasteiger partial charge in [-0.15, -0.1) is 0 Å². The van der Waals surface area contributed by atoms with E-state index < -0.39 is 12.1 Å². The van der Waals surface area contributed by atoms with Gasteiger partial charge in [0.1, 0.15) is 11.2 Å². The van der Waals surface area contributed by atoms with Crippen LogP contribution in [0, 0.1) is 0 Å². The highest BCUT2D eigenvalue weighted by atomic mass is 16.3. The van der Waals surface area contributed by atoms with Crippen molar-refractivity contribution in [2.75, 3.05) is 0 Å². The van der Waals surface area contributed by atoms with Gasteiger partial charge in [0, 0.05) is 21.9 Å². The van der Waals surface area contributed by atoms with E-state index in [1.165, 1.54) is 0 Å². The number of fused-ring (bicyclic) bond motifs is 6. The average molecular weight is 478 g/mol. The largest absolute Gasteiger partial charge is 0.455 e. The van der Waals surface area contributed by atoms with E-state index in [9.17, 15) is 0 Å². The van der Waals surface area contributed by atoms with E-state index in [1.807, 2.05) is 91.0 Å².